The number of rotatable bonds is 4. The first-order valence-electron chi connectivity index (χ1n) is 8.35. The largest absolute Gasteiger partial charge is 0.491 e. The van der Waals surface area contributed by atoms with Crippen LogP contribution in [0.3, 0.4) is 0 Å². The fourth-order valence-corrected chi connectivity index (χ4v) is 2.95. The molecule has 2 heterocycles. The van der Waals surface area contributed by atoms with E-state index in [2.05, 4.69) is 44.4 Å². The molecule has 1 saturated heterocycles. The summed E-state index contributed by atoms with van der Waals surface area (Å²) in [4.78, 5) is 11.5. The van der Waals surface area contributed by atoms with Crippen LogP contribution in [0.4, 0.5) is 5.69 Å². The van der Waals surface area contributed by atoms with Gasteiger partial charge in [-0.05, 0) is 63.5 Å². The van der Waals surface area contributed by atoms with Crippen molar-refractivity contribution in [3.05, 3.63) is 34.8 Å². The zero-order valence-corrected chi connectivity index (χ0v) is 15.0. The van der Waals surface area contributed by atoms with Gasteiger partial charge < -0.3 is 19.9 Å². The van der Waals surface area contributed by atoms with Gasteiger partial charge in [-0.1, -0.05) is 12.1 Å². The van der Waals surface area contributed by atoms with Crippen molar-refractivity contribution in [3.63, 3.8) is 0 Å². The smallest absolute Gasteiger partial charge is 0.400 e. The quantitative estimate of drug-likeness (QED) is 0.834. The van der Waals surface area contributed by atoms with Gasteiger partial charge in [-0.2, -0.15) is 0 Å². The van der Waals surface area contributed by atoms with Crippen LogP contribution in [0.25, 0.3) is 6.08 Å². The van der Waals surface area contributed by atoms with Crippen molar-refractivity contribution in [2.24, 2.45) is 0 Å². The minimum Gasteiger partial charge on any atom is -0.400 e. The second kappa shape index (κ2) is 6.03. The molecule has 128 valence electrons. The molecule has 1 fully saturated rings. The predicted octanol–water partition coefficient (Wildman–Crippen LogP) is 2.42. The standard InChI is InChI=1S/C18H25BN2O3/c1-17(2)18(3,4)24-19(23-17)14(11-20-5)9-12-6-7-15-13(8-12)10-16(22)21-15/h6-9,20H,10-11H2,1-5H3,(H,21,22). The van der Waals surface area contributed by atoms with Crippen molar-refractivity contribution >= 4 is 24.8 Å². The summed E-state index contributed by atoms with van der Waals surface area (Å²) >= 11 is 0. The molecule has 0 aromatic heterocycles. The molecule has 0 unspecified atom stereocenters. The maximum Gasteiger partial charge on any atom is 0.491 e. The molecule has 0 saturated carbocycles. The van der Waals surface area contributed by atoms with Gasteiger partial charge in [0.25, 0.3) is 0 Å². The van der Waals surface area contributed by atoms with Gasteiger partial charge >= 0.3 is 7.12 Å². The molecule has 1 aromatic rings. The normalized spacial score (nSPS) is 21.8. The SMILES string of the molecule is CNCC(=Cc1ccc2c(c1)CC(=O)N2)B1OC(C)(C)C(C)(C)O1. The maximum absolute atomic E-state index is 11.5. The van der Waals surface area contributed by atoms with Gasteiger partial charge in [0.15, 0.2) is 0 Å². The van der Waals surface area contributed by atoms with E-state index in [1.54, 1.807) is 0 Å². The van der Waals surface area contributed by atoms with E-state index in [0.717, 1.165) is 22.3 Å². The number of hydrogen-bond acceptors (Lipinski definition) is 4. The van der Waals surface area contributed by atoms with Crippen LogP contribution in [0.5, 0.6) is 0 Å². The number of amides is 1. The van der Waals surface area contributed by atoms with Crippen molar-refractivity contribution in [2.45, 2.75) is 45.3 Å². The minimum absolute atomic E-state index is 0.0486. The first-order chi connectivity index (χ1) is 11.2. The van der Waals surface area contributed by atoms with E-state index in [1.165, 1.54) is 0 Å². The Kier molecular flexibility index (Phi) is 4.32. The molecule has 0 aliphatic carbocycles. The van der Waals surface area contributed by atoms with Crippen LogP contribution in [-0.2, 0) is 20.5 Å². The number of carbonyl (C=O) groups is 1. The lowest BCUT2D eigenvalue weighted by atomic mass is 9.77. The van der Waals surface area contributed by atoms with Crippen molar-refractivity contribution in [1.82, 2.24) is 5.32 Å². The lowest BCUT2D eigenvalue weighted by Gasteiger charge is -2.32. The predicted molar refractivity (Wildman–Crippen MR) is 96.8 cm³/mol. The second-order valence-electron chi connectivity index (χ2n) is 7.48. The maximum atomic E-state index is 11.5. The molecule has 2 aliphatic heterocycles. The highest BCUT2D eigenvalue weighted by Gasteiger charge is 2.52. The van der Waals surface area contributed by atoms with Gasteiger partial charge in [0.2, 0.25) is 5.91 Å². The monoisotopic (exact) mass is 328 g/mol. The van der Waals surface area contributed by atoms with Crippen molar-refractivity contribution in [1.29, 1.82) is 0 Å². The molecule has 5 nitrogen and oxygen atoms in total. The summed E-state index contributed by atoms with van der Waals surface area (Å²) in [6, 6.07) is 6.01. The molecule has 0 bridgehead atoms. The lowest BCUT2D eigenvalue weighted by molar-refractivity contribution is -0.115. The lowest BCUT2D eigenvalue weighted by Crippen LogP contribution is -2.41. The summed E-state index contributed by atoms with van der Waals surface area (Å²) in [6.45, 7) is 8.88. The van der Waals surface area contributed by atoms with Gasteiger partial charge in [0.1, 0.15) is 0 Å². The van der Waals surface area contributed by atoms with Crippen LogP contribution in [0.1, 0.15) is 38.8 Å². The molecule has 0 atom stereocenters. The van der Waals surface area contributed by atoms with Crippen LogP contribution in [-0.4, -0.2) is 37.8 Å². The molecule has 0 radical (unpaired) electrons. The van der Waals surface area contributed by atoms with Crippen LogP contribution in [0.2, 0.25) is 0 Å². The summed E-state index contributed by atoms with van der Waals surface area (Å²) < 4.78 is 12.3. The summed E-state index contributed by atoms with van der Waals surface area (Å²) in [7, 11) is 1.53. The zero-order valence-electron chi connectivity index (χ0n) is 15.0. The summed E-state index contributed by atoms with van der Waals surface area (Å²) in [5.41, 5.74) is 3.30. The molecule has 2 aliphatic rings. The van der Waals surface area contributed by atoms with Gasteiger partial charge in [0, 0.05) is 12.2 Å². The van der Waals surface area contributed by atoms with E-state index in [1.807, 2.05) is 25.2 Å². The van der Waals surface area contributed by atoms with Crippen molar-refractivity contribution in [3.8, 4) is 0 Å². The number of benzene rings is 1. The fourth-order valence-electron chi connectivity index (χ4n) is 2.95. The van der Waals surface area contributed by atoms with E-state index in [0.29, 0.717) is 13.0 Å². The molecule has 0 spiro atoms. The Balaban J connectivity index is 1.88. The van der Waals surface area contributed by atoms with Gasteiger partial charge in [-0.15, -0.1) is 0 Å². The van der Waals surface area contributed by atoms with Crippen LogP contribution in [0, 0.1) is 0 Å². The molecular formula is C18H25BN2O3. The van der Waals surface area contributed by atoms with Gasteiger partial charge in [-0.25, -0.2) is 0 Å². The number of carbonyl (C=O) groups excluding carboxylic acids is 1. The number of hydrogen-bond donors (Lipinski definition) is 2. The topological polar surface area (TPSA) is 59.6 Å². The first-order valence-corrected chi connectivity index (χ1v) is 8.35. The average molecular weight is 328 g/mol. The van der Waals surface area contributed by atoms with E-state index >= 15 is 0 Å². The molecule has 1 amide bonds. The molecule has 6 heteroatoms. The Labute approximate surface area is 143 Å². The molecule has 1 aromatic carbocycles. The Bertz CT molecular complexity index is 682. The van der Waals surface area contributed by atoms with Crippen LogP contribution >= 0.6 is 0 Å². The highest BCUT2D eigenvalue weighted by atomic mass is 16.7. The Hall–Kier alpha value is -1.63. The minimum atomic E-state index is -0.379. The second-order valence-corrected chi connectivity index (χ2v) is 7.48. The highest BCUT2D eigenvalue weighted by Crippen LogP contribution is 2.38. The number of likely N-dealkylation sites (N-methyl/N-ethyl adjacent to an activating group) is 1. The molecular weight excluding hydrogens is 303 g/mol. The zero-order chi connectivity index (χ0) is 17.5. The summed E-state index contributed by atoms with van der Waals surface area (Å²) in [5, 5.41) is 6.04. The molecule has 2 N–H and O–H groups in total. The molecule has 3 rings (SSSR count). The molecule has 24 heavy (non-hydrogen) atoms. The number of fused-ring (bicyclic) bond motifs is 1. The van der Waals surface area contributed by atoms with Gasteiger partial charge in [-0.3, -0.25) is 4.79 Å². The Morgan fingerprint density at radius 3 is 2.58 bits per heavy atom. The first kappa shape index (κ1) is 17.2. The Morgan fingerprint density at radius 2 is 1.96 bits per heavy atom. The van der Waals surface area contributed by atoms with E-state index in [-0.39, 0.29) is 24.2 Å². The van der Waals surface area contributed by atoms with E-state index in [9.17, 15) is 4.79 Å². The van der Waals surface area contributed by atoms with Crippen molar-refractivity contribution in [2.75, 3.05) is 18.9 Å². The van der Waals surface area contributed by atoms with Crippen LogP contribution in [0.15, 0.2) is 23.7 Å². The summed E-state index contributed by atoms with van der Waals surface area (Å²) in [5.74, 6) is 0.0486. The van der Waals surface area contributed by atoms with E-state index < -0.39 is 0 Å². The Morgan fingerprint density at radius 1 is 1.29 bits per heavy atom. The summed E-state index contributed by atoms with van der Waals surface area (Å²) in [6.07, 6.45) is 2.52. The van der Waals surface area contributed by atoms with Crippen molar-refractivity contribution < 1.29 is 14.1 Å². The number of nitrogens with one attached hydrogen (secondary N) is 2. The van der Waals surface area contributed by atoms with Gasteiger partial charge in [0.05, 0.1) is 17.6 Å². The van der Waals surface area contributed by atoms with E-state index in [4.69, 9.17) is 9.31 Å². The third-order valence-electron chi connectivity index (χ3n) is 5.04. The number of anilines is 1. The average Bonchev–Trinajstić information content (AvgIpc) is 2.94. The third-order valence-corrected chi connectivity index (χ3v) is 5.04. The third kappa shape index (κ3) is 3.14. The fraction of sp³-hybridized carbons (Fsp3) is 0.500. The highest BCUT2D eigenvalue weighted by molar-refractivity contribution is 6.55. The van der Waals surface area contributed by atoms with Crippen LogP contribution < -0.4 is 10.6 Å².